The zero-order valence-corrected chi connectivity index (χ0v) is 14.4. The zero-order chi connectivity index (χ0) is 17.4. The summed E-state index contributed by atoms with van der Waals surface area (Å²) in [6, 6.07) is 8.80. The van der Waals surface area contributed by atoms with Crippen LogP contribution in [0.15, 0.2) is 34.7 Å². The summed E-state index contributed by atoms with van der Waals surface area (Å²) in [5.74, 6) is 0.704. The summed E-state index contributed by atoms with van der Waals surface area (Å²) in [4.78, 5) is 16.1. The van der Waals surface area contributed by atoms with Gasteiger partial charge in [0.15, 0.2) is 17.3 Å². The molecule has 2 aromatic heterocycles. The van der Waals surface area contributed by atoms with Crippen molar-refractivity contribution in [2.75, 3.05) is 13.2 Å². The van der Waals surface area contributed by atoms with Crippen molar-refractivity contribution in [2.24, 2.45) is 0 Å². The molecular formula is C17H11ClNO5S-. The average molecular weight is 377 g/mol. The number of thiophene rings is 1. The highest BCUT2D eigenvalue weighted by Crippen LogP contribution is 2.38. The number of carbonyl (C=O) groups is 1. The first-order valence-electron chi connectivity index (χ1n) is 7.45. The summed E-state index contributed by atoms with van der Waals surface area (Å²) < 4.78 is 17.5. The number of aliphatic carboxylic acids is 1. The highest BCUT2D eigenvalue weighted by molar-refractivity contribution is 7.19. The maximum atomic E-state index is 11.0. The molecule has 0 saturated carbocycles. The van der Waals surface area contributed by atoms with Crippen molar-refractivity contribution in [1.82, 2.24) is 4.98 Å². The van der Waals surface area contributed by atoms with E-state index >= 15 is 0 Å². The topological polar surface area (TPSA) is 84.6 Å². The van der Waals surface area contributed by atoms with Gasteiger partial charge < -0.3 is 23.8 Å². The van der Waals surface area contributed by atoms with E-state index in [2.05, 4.69) is 4.98 Å². The van der Waals surface area contributed by atoms with E-state index in [-0.39, 0.29) is 6.42 Å². The number of carboxylic acid groups (broad SMARTS) is 1. The van der Waals surface area contributed by atoms with Gasteiger partial charge in [0, 0.05) is 18.0 Å². The number of hydrogen-bond acceptors (Lipinski definition) is 7. The molecule has 0 amide bonds. The maximum Gasteiger partial charge on any atom is 0.227 e. The summed E-state index contributed by atoms with van der Waals surface area (Å²) in [6.45, 7) is 0.974. The summed E-state index contributed by atoms with van der Waals surface area (Å²) in [5.41, 5.74) is 0.959. The van der Waals surface area contributed by atoms with Crippen LogP contribution in [0.4, 0.5) is 0 Å². The van der Waals surface area contributed by atoms with Crippen LogP contribution in [0.2, 0.25) is 4.34 Å². The highest BCUT2D eigenvalue weighted by Gasteiger charge is 2.20. The minimum Gasteiger partial charge on any atom is -0.550 e. The fraction of sp³-hybridized carbons (Fsp3) is 0.176. The Kier molecular flexibility index (Phi) is 4.10. The van der Waals surface area contributed by atoms with Crippen molar-refractivity contribution in [3.8, 4) is 33.6 Å². The maximum absolute atomic E-state index is 11.0. The fourth-order valence-corrected chi connectivity index (χ4v) is 3.58. The molecule has 1 aliphatic rings. The van der Waals surface area contributed by atoms with Crippen LogP contribution < -0.4 is 14.6 Å². The van der Waals surface area contributed by atoms with E-state index in [1.807, 2.05) is 0 Å². The van der Waals surface area contributed by atoms with Crippen molar-refractivity contribution >= 4 is 28.9 Å². The number of ether oxygens (including phenoxy) is 2. The minimum absolute atomic E-state index is 0.295. The molecule has 0 fully saturated rings. The number of nitrogens with zero attached hydrogens (tertiary/aromatic N) is 1. The lowest BCUT2D eigenvalue weighted by Crippen LogP contribution is -2.24. The Morgan fingerprint density at radius 1 is 1.20 bits per heavy atom. The Hall–Kier alpha value is -2.51. The van der Waals surface area contributed by atoms with Crippen LogP contribution >= 0.6 is 22.9 Å². The zero-order valence-electron chi connectivity index (χ0n) is 12.8. The third kappa shape index (κ3) is 3.20. The number of rotatable bonds is 4. The van der Waals surface area contributed by atoms with E-state index in [0.29, 0.717) is 56.8 Å². The molecule has 0 N–H and O–H groups in total. The standard InChI is InChI=1S/C17H12ClNO5S/c18-14-4-3-13(25-14)16-10(8-15(20)21)19-17(24-16)9-1-2-11-12(7-9)23-6-5-22-11/h1-4,7H,5-6,8H2,(H,20,21)/p-1. The van der Waals surface area contributed by atoms with Crippen molar-refractivity contribution in [3.63, 3.8) is 0 Å². The first-order valence-corrected chi connectivity index (χ1v) is 8.65. The van der Waals surface area contributed by atoms with Crippen LogP contribution in [0.1, 0.15) is 5.69 Å². The first kappa shape index (κ1) is 16.0. The van der Waals surface area contributed by atoms with E-state index in [1.54, 1.807) is 30.3 Å². The molecule has 128 valence electrons. The lowest BCUT2D eigenvalue weighted by Gasteiger charge is -2.18. The van der Waals surface area contributed by atoms with Crippen LogP contribution in [0.3, 0.4) is 0 Å². The van der Waals surface area contributed by atoms with Crippen LogP contribution in [0.25, 0.3) is 22.1 Å². The first-order chi connectivity index (χ1) is 12.1. The van der Waals surface area contributed by atoms with Gasteiger partial charge in [0.25, 0.3) is 0 Å². The average Bonchev–Trinajstić information content (AvgIpc) is 3.20. The van der Waals surface area contributed by atoms with E-state index in [9.17, 15) is 9.90 Å². The molecule has 0 radical (unpaired) electrons. The van der Waals surface area contributed by atoms with Gasteiger partial charge in [-0.15, -0.1) is 11.3 Å². The van der Waals surface area contributed by atoms with Crippen molar-refractivity contribution in [1.29, 1.82) is 0 Å². The monoisotopic (exact) mass is 376 g/mol. The Morgan fingerprint density at radius 3 is 2.72 bits per heavy atom. The molecule has 4 rings (SSSR count). The van der Waals surface area contributed by atoms with Gasteiger partial charge in [-0.3, -0.25) is 0 Å². The summed E-state index contributed by atoms with van der Waals surface area (Å²) in [6.07, 6.45) is -0.348. The number of aromatic nitrogens is 1. The van der Waals surface area contributed by atoms with Gasteiger partial charge in [-0.2, -0.15) is 0 Å². The number of carboxylic acids is 1. The van der Waals surface area contributed by atoms with Gasteiger partial charge >= 0.3 is 0 Å². The number of fused-ring (bicyclic) bond motifs is 1. The Morgan fingerprint density at radius 2 is 2.00 bits per heavy atom. The SMILES string of the molecule is O=C([O-])Cc1nc(-c2ccc3c(c2)OCCO3)oc1-c1ccc(Cl)s1. The molecule has 3 aromatic rings. The van der Waals surface area contributed by atoms with Gasteiger partial charge in [0.2, 0.25) is 5.89 Å². The molecule has 3 heterocycles. The van der Waals surface area contributed by atoms with Gasteiger partial charge in [0.05, 0.1) is 14.9 Å². The molecule has 0 bridgehead atoms. The molecule has 0 atom stereocenters. The normalized spacial score (nSPS) is 13.0. The number of oxazole rings is 1. The Balaban J connectivity index is 1.77. The quantitative estimate of drug-likeness (QED) is 0.696. The van der Waals surface area contributed by atoms with Crippen LogP contribution in [0.5, 0.6) is 11.5 Å². The number of hydrogen-bond donors (Lipinski definition) is 0. The molecule has 8 heteroatoms. The molecule has 0 saturated heterocycles. The molecule has 1 aromatic carbocycles. The minimum atomic E-state index is -1.23. The van der Waals surface area contributed by atoms with Crippen LogP contribution in [0, 0.1) is 0 Å². The van der Waals surface area contributed by atoms with Gasteiger partial charge in [0.1, 0.15) is 13.2 Å². The van der Waals surface area contributed by atoms with E-state index < -0.39 is 5.97 Å². The predicted octanol–water partition coefficient (Wildman–Crippen LogP) is 2.79. The third-order valence-corrected chi connectivity index (χ3v) is 4.83. The molecule has 0 unspecified atom stereocenters. The predicted molar refractivity (Wildman–Crippen MR) is 90.0 cm³/mol. The number of carbonyl (C=O) groups excluding carboxylic acids is 1. The van der Waals surface area contributed by atoms with Crippen molar-refractivity contribution < 1.29 is 23.8 Å². The number of benzene rings is 1. The second-order valence-corrected chi connectivity index (χ2v) is 7.02. The lowest BCUT2D eigenvalue weighted by atomic mass is 10.2. The third-order valence-electron chi connectivity index (χ3n) is 3.60. The Labute approximate surface area is 151 Å². The fourth-order valence-electron chi connectivity index (χ4n) is 2.54. The highest BCUT2D eigenvalue weighted by atomic mass is 35.5. The molecule has 25 heavy (non-hydrogen) atoms. The summed E-state index contributed by atoms with van der Waals surface area (Å²) in [5, 5.41) is 11.0. The second kappa shape index (κ2) is 6.42. The van der Waals surface area contributed by atoms with Gasteiger partial charge in [-0.25, -0.2) is 4.98 Å². The smallest absolute Gasteiger partial charge is 0.227 e. The van der Waals surface area contributed by atoms with Crippen molar-refractivity contribution in [2.45, 2.75) is 6.42 Å². The second-order valence-electron chi connectivity index (χ2n) is 5.31. The summed E-state index contributed by atoms with van der Waals surface area (Å²) in [7, 11) is 0. The molecular weight excluding hydrogens is 366 g/mol. The van der Waals surface area contributed by atoms with E-state index in [0.717, 1.165) is 0 Å². The Bertz CT molecular complexity index is 948. The van der Waals surface area contributed by atoms with E-state index in [1.165, 1.54) is 11.3 Å². The number of halogens is 1. The van der Waals surface area contributed by atoms with Crippen molar-refractivity contribution in [3.05, 3.63) is 40.4 Å². The molecule has 0 spiro atoms. The molecule has 1 aliphatic heterocycles. The largest absolute Gasteiger partial charge is 0.550 e. The molecule has 6 nitrogen and oxygen atoms in total. The lowest BCUT2D eigenvalue weighted by molar-refractivity contribution is -0.304. The molecule has 0 aliphatic carbocycles. The summed E-state index contributed by atoms with van der Waals surface area (Å²) >= 11 is 7.26. The van der Waals surface area contributed by atoms with E-state index in [4.69, 9.17) is 25.5 Å². The van der Waals surface area contributed by atoms with Gasteiger partial charge in [-0.05, 0) is 30.3 Å². The van der Waals surface area contributed by atoms with Crippen LogP contribution in [-0.4, -0.2) is 24.2 Å². The van der Waals surface area contributed by atoms with Gasteiger partial charge in [-0.1, -0.05) is 11.6 Å². The van der Waals surface area contributed by atoms with Crippen LogP contribution in [-0.2, 0) is 11.2 Å².